The zero-order chi connectivity index (χ0) is 22.7. The molecule has 1 fully saturated rings. The first kappa shape index (κ1) is 22.1. The Bertz CT molecular complexity index is 1130. The molecule has 0 saturated carbocycles. The molecule has 32 heavy (non-hydrogen) atoms. The minimum atomic E-state index is -0.541. The molecule has 1 aromatic carbocycles. The molecule has 0 aliphatic carbocycles. The van der Waals surface area contributed by atoms with E-state index < -0.39 is 5.92 Å². The zero-order valence-electron chi connectivity index (χ0n) is 17.7. The highest BCUT2D eigenvalue weighted by atomic mass is 35.5. The van der Waals surface area contributed by atoms with Gasteiger partial charge in [-0.25, -0.2) is 14.2 Å². The number of rotatable bonds is 5. The predicted molar refractivity (Wildman–Crippen MR) is 118 cm³/mol. The number of carbonyl (C=O) groups is 2. The van der Waals surface area contributed by atoms with Crippen molar-refractivity contribution in [1.29, 1.82) is 0 Å². The maximum atomic E-state index is 14.8. The van der Waals surface area contributed by atoms with E-state index in [0.29, 0.717) is 54.7 Å². The number of carbonyl (C=O) groups excluding carboxylic acids is 2. The van der Waals surface area contributed by atoms with Gasteiger partial charge in [-0.15, -0.1) is 0 Å². The Balaban J connectivity index is 1.58. The average molecular weight is 459 g/mol. The number of pyridine rings is 1. The number of aromatic nitrogens is 2. The van der Waals surface area contributed by atoms with Crippen molar-refractivity contribution < 1.29 is 18.7 Å². The van der Waals surface area contributed by atoms with Gasteiger partial charge >= 0.3 is 6.09 Å². The summed E-state index contributed by atoms with van der Waals surface area (Å²) in [7, 11) is 0. The van der Waals surface area contributed by atoms with Crippen LogP contribution >= 0.6 is 11.6 Å². The van der Waals surface area contributed by atoms with Gasteiger partial charge in [0.1, 0.15) is 11.5 Å². The van der Waals surface area contributed by atoms with Gasteiger partial charge in [0, 0.05) is 50.9 Å². The van der Waals surface area contributed by atoms with Gasteiger partial charge in [0.2, 0.25) is 5.91 Å². The number of fused-ring (bicyclic) bond motifs is 1. The van der Waals surface area contributed by atoms with Crippen LogP contribution in [0.25, 0.3) is 5.65 Å². The summed E-state index contributed by atoms with van der Waals surface area (Å²) in [5.41, 5.74) is 1.78. The predicted octanol–water partition coefficient (Wildman–Crippen LogP) is 3.95. The largest absolute Gasteiger partial charge is 0.450 e. The highest BCUT2D eigenvalue weighted by Crippen LogP contribution is 2.32. The molecule has 0 N–H and O–H groups in total. The molecule has 1 aliphatic heterocycles. The van der Waals surface area contributed by atoms with Gasteiger partial charge < -0.3 is 18.9 Å². The SMILES string of the molecule is CCOC(=O)N1CCN(C(=O)CC(c2ccccc2F)c2cnc3ccc(Cl)cn23)CC1. The summed E-state index contributed by atoms with van der Waals surface area (Å²) in [6, 6.07) is 9.97. The molecule has 0 spiro atoms. The normalized spacial score (nSPS) is 15.1. The minimum absolute atomic E-state index is 0.0701. The Labute approximate surface area is 190 Å². The molecular weight excluding hydrogens is 435 g/mol. The van der Waals surface area contributed by atoms with Crippen molar-refractivity contribution in [3.63, 3.8) is 0 Å². The Hall–Kier alpha value is -3.13. The van der Waals surface area contributed by atoms with Crippen molar-refractivity contribution in [2.45, 2.75) is 19.3 Å². The van der Waals surface area contributed by atoms with Crippen LogP contribution in [0, 0.1) is 5.82 Å². The second kappa shape index (κ2) is 9.56. The number of hydrogen-bond donors (Lipinski definition) is 0. The van der Waals surface area contributed by atoms with Crippen molar-refractivity contribution in [1.82, 2.24) is 19.2 Å². The summed E-state index contributed by atoms with van der Waals surface area (Å²) in [6.07, 6.45) is 3.08. The van der Waals surface area contributed by atoms with E-state index in [1.807, 2.05) is 0 Å². The highest BCUT2D eigenvalue weighted by Gasteiger charge is 2.29. The van der Waals surface area contributed by atoms with E-state index in [4.69, 9.17) is 16.3 Å². The van der Waals surface area contributed by atoms with Crippen LogP contribution in [0.5, 0.6) is 0 Å². The number of hydrogen-bond acceptors (Lipinski definition) is 4. The van der Waals surface area contributed by atoms with Crippen molar-refractivity contribution in [3.8, 4) is 0 Å². The van der Waals surface area contributed by atoms with Crippen LogP contribution in [-0.2, 0) is 9.53 Å². The zero-order valence-corrected chi connectivity index (χ0v) is 18.5. The van der Waals surface area contributed by atoms with Crippen molar-refractivity contribution in [2.75, 3.05) is 32.8 Å². The number of amides is 2. The summed E-state index contributed by atoms with van der Waals surface area (Å²) >= 11 is 6.18. The summed E-state index contributed by atoms with van der Waals surface area (Å²) < 4.78 is 21.6. The molecule has 0 bridgehead atoms. The first-order chi connectivity index (χ1) is 15.5. The molecule has 7 nitrogen and oxygen atoms in total. The fraction of sp³-hybridized carbons (Fsp3) is 0.348. The number of ether oxygens (including phenoxy) is 1. The topological polar surface area (TPSA) is 67.2 Å². The Morgan fingerprint density at radius 2 is 1.84 bits per heavy atom. The lowest BCUT2D eigenvalue weighted by molar-refractivity contribution is -0.133. The van der Waals surface area contributed by atoms with Crippen molar-refractivity contribution in [2.24, 2.45) is 0 Å². The highest BCUT2D eigenvalue weighted by molar-refractivity contribution is 6.30. The molecule has 168 valence electrons. The van der Waals surface area contributed by atoms with Crippen molar-refractivity contribution >= 4 is 29.2 Å². The Kier molecular flexibility index (Phi) is 6.60. The fourth-order valence-corrected chi connectivity index (χ4v) is 4.18. The second-order valence-electron chi connectivity index (χ2n) is 7.60. The van der Waals surface area contributed by atoms with E-state index in [2.05, 4.69) is 4.98 Å². The van der Waals surface area contributed by atoms with Crippen molar-refractivity contribution in [3.05, 3.63) is 70.9 Å². The van der Waals surface area contributed by atoms with E-state index in [-0.39, 0.29) is 24.2 Å². The molecule has 2 amide bonds. The van der Waals surface area contributed by atoms with E-state index in [1.54, 1.807) is 63.8 Å². The van der Waals surface area contributed by atoms with Gasteiger partial charge in [0.15, 0.2) is 0 Å². The molecule has 1 unspecified atom stereocenters. The third-order valence-corrected chi connectivity index (χ3v) is 5.90. The minimum Gasteiger partial charge on any atom is -0.450 e. The third-order valence-electron chi connectivity index (χ3n) is 5.67. The van der Waals surface area contributed by atoms with Crippen LogP contribution in [0.1, 0.15) is 30.5 Å². The second-order valence-corrected chi connectivity index (χ2v) is 8.04. The number of halogens is 2. The lowest BCUT2D eigenvalue weighted by Gasteiger charge is -2.34. The number of nitrogens with zero attached hydrogens (tertiary/aromatic N) is 4. The lowest BCUT2D eigenvalue weighted by Crippen LogP contribution is -2.51. The first-order valence-corrected chi connectivity index (χ1v) is 10.9. The smallest absolute Gasteiger partial charge is 0.409 e. The quantitative estimate of drug-likeness (QED) is 0.580. The molecule has 1 aliphatic rings. The average Bonchev–Trinajstić information content (AvgIpc) is 3.21. The van der Waals surface area contributed by atoms with Crippen LogP contribution in [0.2, 0.25) is 5.02 Å². The molecule has 0 radical (unpaired) electrons. The molecule has 3 heterocycles. The molecule has 2 aromatic heterocycles. The van der Waals surface area contributed by atoms with Gasteiger partial charge in [0.25, 0.3) is 0 Å². The Morgan fingerprint density at radius 1 is 1.12 bits per heavy atom. The number of benzene rings is 1. The first-order valence-electron chi connectivity index (χ1n) is 10.5. The van der Waals surface area contributed by atoms with Gasteiger partial charge in [0.05, 0.1) is 17.3 Å². The summed E-state index contributed by atoms with van der Waals surface area (Å²) in [5, 5.41) is 0.519. The lowest BCUT2D eigenvalue weighted by atomic mass is 9.91. The van der Waals surface area contributed by atoms with Gasteiger partial charge in [-0.05, 0) is 30.7 Å². The summed E-state index contributed by atoms with van der Waals surface area (Å²) in [5.74, 6) is -1.03. The van der Waals surface area contributed by atoms with E-state index in [1.165, 1.54) is 6.07 Å². The number of piperazine rings is 1. The maximum Gasteiger partial charge on any atom is 0.409 e. The van der Waals surface area contributed by atoms with Gasteiger partial charge in [-0.2, -0.15) is 0 Å². The van der Waals surface area contributed by atoms with Crippen LogP contribution in [0.3, 0.4) is 0 Å². The molecule has 9 heteroatoms. The van der Waals surface area contributed by atoms with Crippen LogP contribution in [0.4, 0.5) is 9.18 Å². The van der Waals surface area contributed by atoms with Crippen LogP contribution in [0.15, 0.2) is 48.8 Å². The maximum absolute atomic E-state index is 14.8. The Morgan fingerprint density at radius 3 is 2.56 bits per heavy atom. The van der Waals surface area contributed by atoms with Crippen LogP contribution < -0.4 is 0 Å². The van der Waals surface area contributed by atoms with Gasteiger partial charge in [-0.3, -0.25) is 4.79 Å². The fourth-order valence-electron chi connectivity index (χ4n) is 4.02. The number of imidazole rings is 1. The molecule has 3 aromatic rings. The van der Waals surface area contributed by atoms with E-state index in [0.717, 1.165) is 0 Å². The van der Waals surface area contributed by atoms with E-state index in [9.17, 15) is 14.0 Å². The molecule has 1 atom stereocenters. The molecule has 1 saturated heterocycles. The van der Waals surface area contributed by atoms with Gasteiger partial charge in [-0.1, -0.05) is 29.8 Å². The van der Waals surface area contributed by atoms with E-state index >= 15 is 0 Å². The summed E-state index contributed by atoms with van der Waals surface area (Å²) in [4.78, 5) is 32.8. The summed E-state index contributed by atoms with van der Waals surface area (Å²) in [6.45, 7) is 3.68. The third kappa shape index (κ3) is 4.55. The molecule has 4 rings (SSSR count). The van der Waals surface area contributed by atoms with Crippen LogP contribution in [-0.4, -0.2) is 64.0 Å². The standard InChI is InChI=1S/C23H24ClFN4O3/c1-2-32-23(31)28-11-9-27(10-12-28)22(30)13-18(17-5-3-4-6-19(17)25)20-14-26-21-8-7-16(24)15-29(20)21/h3-8,14-15,18H,2,9-13H2,1H3. The molecular formula is C23H24ClFN4O3. The monoisotopic (exact) mass is 458 g/mol.